The van der Waals surface area contributed by atoms with Crippen LogP contribution in [-0.2, 0) is 4.79 Å². The molecular weight excluding hydrogens is 387 g/mol. The van der Waals surface area contributed by atoms with Gasteiger partial charge in [0.25, 0.3) is 0 Å². The molecule has 0 saturated heterocycles. The van der Waals surface area contributed by atoms with Crippen LogP contribution in [0.5, 0.6) is 0 Å². The van der Waals surface area contributed by atoms with Crippen LogP contribution in [0.2, 0.25) is 10.0 Å². The zero-order valence-electron chi connectivity index (χ0n) is 15.4. The maximum Gasteiger partial charge on any atom is 0.321 e. The SMILES string of the molecule is CC(O)CNC(=O)NC(=O)C(C=CCC1CCCC1)c1ccc(Cl)c(Cl)c1. The van der Waals surface area contributed by atoms with E-state index in [4.69, 9.17) is 23.2 Å². The molecule has 1 aromatic rings. The Labute approximate surface area is 170 Å². The highest BCUT2D eigenvalue weighted by Crippen LogP contribution is 2.30. The van der Waals surface area contributed by atoms with Crippen LogP contribution >= 0.6 is 23.2 Å². The third-order valence-corrected chi connectivity index (χ3v) is 5.39. The average molecular weight is 413 g/mol. The Morgan fingerprint density at radius 3 is 2.59 bits per heavy atom. The first-order valence-corrected chi connectivity index (χ1v) is 10.0. The maximum atomic E-state index is 12.7. The molecule has 27 heavy (non-hydrogen) atoms. The van der Waals surface area contributed by atoms with E-state index in [-0.39, 0.29) is 6.54 Å². The highest BCUT2D eigenvalue weighted by atomic mass is 35.5. The van der Waals surface area contributed by atoms with Crippen LogP contribution in [0.3, 0.4) is 0 Å². The van der Waals surface area contributed by atoms with E-state index in [1.807, 2.05) is 12.2 Å². The summed E-state index contributed by atoms with van der Waals surface area (Å²) in [6.45, 7) is 1.61. The summed E-state index contributed by atoms with van der Waals surface area (Å²) in [6.07, 6.45) is 9.01. The number of nitrogens with one attached hydrogen (secondary N) is 2. The molecule has 0 heterocycles. The molecule has 0 aromatic heterocycles. The zero-order chi connectivity index (χ0) is 19.8. The molecule has 2 rings (SSSR count). The van der Waals surface area contributed by atoms with Gasteiger partial charge in [-0.15, -0.1) is 0 Å². The molecular formula is C20H26Cl2N2O3. The van der Waals surface area contributed by atoms with Crippen LogP contribution in [0.25, 0.3) is 0 Å². The van der Waals surface area contributed by atoms with Crippen molar-refractivity contribution in [2.75, 3.05) is 6.54 Å². The highest BCUT2D eigenvalue weighted by molar-refractivity contribution is 6.42. The molecule has 0 aliphatic heterocycles. The minimum absolute atomic E-state index is 0.0636. The molecule has 1 fully saturated rings. The lowest BCUT2D eigenvalue weighted by molar-refractivity contribution is -0.120. The number of amides is 3. The number of rotatable bonds is 7. The molecule has 0 bridgehead atoms. The fourth-order valence-corrected chi connectivity index (χ4v) is 3.49. The van der Waals surface area contributed by atoms with Crippen LogP contribution in [0, 0.1) is 5.92 Å². The van der Waals surface area contributed by atoms with Crippen LogP contribution in [0.15, 0.2) is 30.4 Å². The molecule has 7 heteroatoms. The molecule has 0 spiro atoms. The van der Waals surface area contributed by atoms with Gasteiger partial charge in [0.15, 0.2) is 0 Å². The smallest absolute Gasteiger partial charge is 0.321 e. The molecule has 2 unspecified atom stereocenters. The van der Waals surface area contributed by atoms with E-state index >= 15 is 0 Å². The second-order valence-corrected chi connectivity index (χ2v) is 7.83. The van der Waals surface area contributed by atoms with Gasteiger partial charge >= 0.3 is 6.03 Å². The fraction of sp³-hybridized carbons (Fsp3) is 0.500. The molecule has 3 amide bonds. The van der Waals surface area contributed by atoms with E-state index in [1.165, 1.54) is 25.7 Å². The Hall–Kier alpha value is -1.56. The van der Waals surface area contributed by atoms with Gasteiger partial charge < -0.3 is 10.4 Å². The Balaban J connectivity index is 2.09. The predicted octanol–water partition coefficient (Wildman–Crippen LogP) is 4.42. The monoisotopic (exact) mass is 412 g/mol. The lowest BCUT2D eigenvalue weighted by Gasteiger charge is -2.15. The van der Waals surface area contributed by atoms with E-state index in [0.29, 0.717) is 21.5 Å². The van der Waals surface area contributed by atoms with Gasteiger partial charge in [0.2, 0.25) is 5.91 Å². The fourth-order valence-electron chi connectivity index (χ4n) is 3.18. The van der Waals surface area contributed by atoms with Crippen LogP contribution in [-0.4, -0.2) is 29.7 Å². The minimum atomic E-state index is -0.692. The first kappa shape index (κ1) is 21.7. The third-order valence-electron chi connectivity index (χ3n) is 4.65. The van der Waals surface area contributed by atoms with Crippen molar-refractivity contribution in [3.05, 3.63) is 46.0 Å². The standard InChI is InChI=1S/C20H26Cl2N2O3/c1-13(25)12-23-20(27)24-19(26)16(8-4-7-14-5-2-3-6-14)15-9-10-17(21)18(22)11-15/h4,8-11,13-14,16,25H,2-3,5-7,12H2,1H3,(H2,23,24,26,27). The number of carbonyl (C=O) groups excluding carboxylic acids is 2. The summed E-state index contributed by atoms with van der Waals surface area (Å²) in [5.41, 5.74) is 0.660. The number of carbonyl (C=O) groups is 2. The van der Waals surface area contributed by atoms with E-state index in [9.17, 15) is 14.7 Å². The average Bonchev–Trinajstić information content (AvgIpc) is 3.13. The summed E-state index contributed by atoms with van der Waals surface area (Å²) in [5.74, 6) is -0.453. The molecule has 1 saturated carbocycles. The summed E-state index contributed by atoms with van der Waals surface area (Å²) in [6, 6.07) is 4.36. The number of aliphatic hydroxyl groups excluding tert-OH is 1. The summed E-state index contributed by atoms with van der Waals surface area (Å²) < 4.78 is 0. The van der Waals surface area contributed by atoms with Gasteiger partial charge in [-0.1, -0.05) is 67.1 Å². The lowest BCUT2D eigenvalue weighted by atomic mass is 9.95. The number of halogens is 2. The number of urea groups is 1. The van der Waals surface area contributed by atoms with Crippen molar-refractivity contribution < 1.29 is 14.7 Å². The van der Waals surface area contributed by atoms with Crippen LogP contribution in [0.1, 0.15) is 50.5 Å². The van der Waals surface area contributed by atoms with E-state index in [1.54, 1.807) is 25.1 Å². The van der Waals surface area contributed by atoms with E-state index in [2.05, 4.69) is 10.6 Å². The summed E-state index contributed by atoms with van der Waals surface area (Å²) in [5, 5.41) is 14.8. The zero-order valence-corrected chi connectivity index (χ0v) is 16.9. The van der Waals surface area contributed by atoms with Gasteiger partial charge in [0.1, 0.15) is 0 Å². The number of imide groups is 1. The Kier molecular flexibility index (Phi) is 8.61. The molecule has 3 N–H and O–H groups in total. The first-order valence-electron chi connectivity index (χ1n) is 9.25. The predicted molar refractivity (Wildman–Crippen MR) is 108 cm³/mol. The number of hydrogen-bond acceptors (Lipinski definition) is 3. The van der Waals surface area contributed by atoms with Gasteiger partial charge in [-0.2, -0.15) is 0 Å². The Morgan fingerprint density at radius 2 is 1.96 bits per heavy atom. The van der Waals surface area contributed by atoms with Crippen molar-refractivity contribution in [2.45, 2.75) is 51.0 Å². The molecule has 2 atom stereocenters. The number of allylic oxidation sites excluding steroid dienone is 1. The summed E-state index contributed by atoms with van der Waals surface area (Å²) in [4.78, 5) is 24.5. The van der Waals surface area contributed by atoms with E-state index in [0.717, 1.165) is 6.42 Å². The van der Waals surface area contributed by atoms with Gasteiger partial charge in [0.05, 0.1) is 22.1 Å². The topological polar surface area (TPSA) is 78.4 Å². The normalized spacial score (nSPS) is 17.0. The maximum absolute atomic E-state index is 12.7. The molecule has 0 radical (unpaired) electrons. The first-order chi connectivity index (χ1) is 12.9. The van der Waals surface area contributed by atoms with E-state index < -0.39 is 24.0 Å². The van der Waals surface area contributed by atoms with Crippen molar-refractivity contribution in [2.24, 2.45) is 5.92 Å². The molecule has 148 valence electrons. The van der Waals surface area contributed by atoms with Crippen LogP contribution in [0.4, 0.5) is 4.79 Å². The van der Waals surface area contributed by atoms with Gasteiger partial charge in [-0.25, -0.2) is 4.79 Å². The van der Waals surface area contributed by atoms with Crippen molar-refractivity contribution in [3.63, 3.8) is 0 Å². The van der Waals surface area contributed by atoms with Gasteiger partial charge in [-0.3, -0.25) is 10.1 Å². The highest BCUT2D eigenvalue weighted by Gasteiger charge is 2.21. The Bertz CT molecular complexity index is 686. The second-order valence-electron chi connectivity index (χ2n) is 7.01. The van der Waals surface area contributed by atoms with Gasteiger partial charge in [0, 0.05) is 6.54 Å². The number of hydrogen-bond donors (Lipinski definition) is 3. The van der Waals surface area contributed by atoms with Crippen LogP contribution < -0.4 is 10.6 Å². The second kappa shape index (κ2) is 10.7. The number of benzene rings is 1. The summed E-state index contributed by atoms with van der Waals surface area (Å²) >= 11 is 12.1. The number of aliphatic hydroxyl groups is 1. The molecule has 1 aliphatic rings. The van der Waals surface area contributed by atoms with Gasteiger partial charge in [-0.05, 0) is 37.0 Å². The Morgan fingerprint density at radius 1 is 1.26 bits per heavy atom. The van der Waals surface area contributed by atoms with Crippen molar-refractivity contribution in [3.8, 4) is 0 Å². The quantitative estimate of drug-likeness (QED) is 0.579. The molecule has 5 nitrogen and oxygen atoms in total. The van der Waals surface area contributed by atoms with Crippen molar-refractivity contribution >= 4 is 35.1 Å². The lowest BCUT2D eigenvalue weighted by Crippen LogP contribution is -2.43. The van der Waals surface area contributed by atoms with Crippen molar-refractivity contribution in [1.82, 2.24) is 10.6 Å². The molecule has 1 aromatic carbocycles. The molecule has 1 aliphatic carbocycles. The minimum Gasteiger partial charge on any atom is -0.392 e. The van der Waals surface area contributed by atoms with Crippen molar-refractivity contribution in [1.29, 1.82) is 0 Å². The summed E-state index contributed by atoms with van der Waals surface area (Å²) in [7, 11) is 0. The largest absolute Gasteiger partial charge is 0.392 e. The third kappa shape index (κ3) is 7.17.